The van der Waals surface area contributed by atoms with E-state index < -0.39 is 17.5 Å². The van der Waals surface area contributed by atoms with Gasteiger partial charge in [-0.25, -0.2) is 4.79 Å². The Hall–Kier alpha value is -0.940. The predicted octanol–water partition coefficient (Wildman–Crippen LogP) is 2.98. The molecule has 0 aromatic carbocycles. The van der Waals surface area contributed by atoms with Gasteiger partial charge in [0.2, 0.25) is 0 Å². The summed E-state index contributed by atoms with van der Waals surface area (Å²) in [6, 6.07) is 0. The van der Waals surface area contributed by atoms with Gasteiger partial charge in [0.05, 0.1) is 18.6 Å². The van der Waals surface area contributed by atoms with Gasteiger partial charge in [0.1, 0.15) is 12.4 Å². The molecule has 5 heteroatoms. The van der Waals surface area contributed by atoms with Crippen molar-refractivity contribution in [3.05, 3.63) is 0 Å². The van der Waals surface area contributed by atoms with E-state index in [0.29, 0.717) is 24.4 Å². The van der Waals surface area contributed by atoms with Crippen molar-refractivity contribution in [2.75, 3.05) is 13.2 Å². The molecule has 5 nitrogen and oxygen atoms in total. The molecule has 5 unspecified atom stereocenters. The smallest absolute Gasteiger partial charge is 0.338 e. The van der Waals surface area contributed by atoms with E-state index in [1.165, 1.54) is 33.6 Å². The number of hydrogen-bond acceptors (Lipinski definition) is 5. The third-order valence-electron chi connectivity index (χ3n) is 5.48. The van der Waals surface area contributed by atoms with Gasteiger partial charge in [-0.15, -0.1) is 0 Å². The molecule has 0 bridgehead atoms. The minimum absolute atomic E-state index is 0.0926. The Morgan fingerprint density at radius 3 is 2.38 bits per heavy atom. The SMILES string of the molecule is CC(=O)C(C)C(C)(O)C(=O)OCCOC1CC(C)CCC1C(C)C. The number of ketones is 1. The van der Waals surface area contributed by atoms with Crippen molar-refractivity contribution in [3.63, 3.8) is 0 Å². The molecule has 0 amide bonds. The van der Waals surface area contributed by atoms with Crippen LogP contribution in [0.25, 0.3) is 0 Å². The molecule has 0 spiro atoms. The molecule has 0 aromatic rings. The highest BCUT2D eigenvalue weighted by atomic mass is 16.6. The highest BCUT2D eigenvalue weighted by Gasteiger charge is 2.40. The van der Waals surface area contributed by atoms with Gasteiger partial charge in [-0.3, -0.25) is 4.79 Å². The van der Waals surface area contributed by atoms with Crippen molar-refractivity contribution in [2.45, 2.75) is 72.5 Å². The van der Waals surface area contributed by atoms with Gasteiger partial charge < -0.3 is 14.6 Å². The molecule has 1 N–H and O–H groups in total. The number of esters is 1. The normalized spacial score (nSPS) is 28.2. The molecule has 1 rings (SSSR count). The second-order valence-corrected chi connectivity index (χ2v) is 7.85. The van der Waals surface area contributed by atoms with Crippen molar-refractivity contribution in [1.29, 1.82) is 0 Å². The lowest BCUT2D eigenvalue weighted by atomic mass is 9.75. The van der Waals surface area contributed by atoms with Crippen LogP contribution in [-0.2, 0) is 19.1 Å². The van der Waals surface area contributed by atoms with E-state index in [0.717, 1.165) is 6.42 Å². The highest BCUT2D eigenvalue weighted by molar-refractivity contribution is 5.89. The summed E-state index contributed by atoms with van der Waals surface area (Å²) < 4.78 is 11.1. The number of hydrogen-bond donors (Lipinski definition) is 1. The van der Waals surface area contributed by atoms with Crippen LogP contribution in [0.2, 0.25) is 0 Å². The number of rotatable bonds is 8. The average Bonchev–Trinajstić information content (AvgIpc) is 2.49. The summed E-state index contributed by atoms with van der Waals surface area (Å²) in [5, 5.41) is 10.2. The van der Waals surface area contributed by atoms with Crippen LogP contribution in [0.3, 0.4) is 0 Å². The Balaban J connectivity index is 2.44. The first kappa shape index (κ1) is 21.1. The standard InChI is InChI=1S/C19H34O5/c1-12(2)16-8-7-13(3)11-17(16)23-9-10-24-18(21)19(6,22)14(4)15(5)20/h12-14,16-17,22H,7-11H2,1-6H3. The van der Waals surface area contributed by atoms with E-state index in [1.54, 1.807) is 0 Å². The molecule has 1 aliphatic rings. The lowest BCUT2D eigenvalue weighted by Crippen LogP contribution is -2.46. The molecule has 24 heavy (non-hydrogen) atoms. The number of carbonyl (C=O) groups is 2. The van der Waals surface area contributed by atoms with Crippen LogP contribution in [0.15, 0.2) is 0 Å². The van der Waals surface area contributed by atoms with E-state index >= 15 is 0 Å². The monoisotopic (exact) mass is 342 g/mol. The molecule has 1 aliphatic carbocycles. The van der Waals surface area contributed by atoms with E-state index in [1.807, 2.05) is 0 Å². The van der Waals surface area contributed by atoms with Crippen molar-refractivity contribution in [1.82, 2.24) is 0 Å². The Kier molecular flexibility index (Phi) is 7.87. The maximum atomic E-state index is 12.0. The zero-order valence-corrected chi connectivity index (χ0v) is 16.0. The fourth-order valence-electron chi connectivity index (χ4n) is 3.36. The van der Waals surface area contributed by atoms with Crippen molar-refractivity contribution in [2.24, 2.45) is 23.7 Å². The van der Waals surface area contributed by atoms with Gasteiger partial charge in [-0.2, -0.15) is 0 Å². The minimum Gasteiger partial charge on any atom is -0.461 e. The molecule has 140 valence electrons. The molecular weight excluding hydrogens is 308 g/mol. The second-order valence-electron chi connectivity index (χ2n) is 7.85. The first-order chi connectivity index (χ1) is 11.1. The largest absolute Gasteiger partial charge is 0.461 e. The van der Waals surface area contributed by atoms with E-state index in [-0.39, 0.29) is 18.5 Å². The fourth-order valence-corrected chi connectivity index (χ4v) is 3.36. The summed E-state index contributed by atoms with van der Waals surface area (Å²) in [4.78, 5) is 23.4. The number of carbonyl (C=O) groups excluding carboxylic acids is 2. The van der Waals surface area contributed by atoms with Crippen LogP contribution in [-0.4, -0.2) is 41.8 Å². The van der Waals surface area contributed by atoms with Gasteiger partial charge in [0.25, 0.3) is 0 Å². The maximum Gasteiger partial charge on any atom is 0.338 e. The predicted molar refractivity (Wildman–Crippen MR) is 92.5 cm³/mol. The summed E-state index contributed by atoms with van der Waals surface area (Å²) in [5.41, 5.74) is -1.80. The fraction of sp³-hybridized carbons (Fsp3) is 0.895. The van der Waals surface area contributed by atoms with Gasteiger partial charge in [-0.1, -0.05) is 34.1 Å². The van der Waals surface area contributed by atoms with Crippen LogP contribution >= 0.6 is 0 Å². The zero-order chi connectivity index (χ0) is 18.5. The van der Waals surface area contributed by atoms with E-state index in [4.69, 9.17) is 9.47 Å². The van der Waals surface area contributed by atoms with Crippen molar-refractivity contribution in [3.8, 4) is 0 Å². The summed E-state index contributed by atoms with van der Waals surface area (Å²) in [5.74, 6) is -0.0459. The lowest BCUT2D eigenvalue weighted by Gasteiger charge is -2.37. The second kappa shape index (κ2) is 8.95. The Labute approximate surface area is 146 Å². The Bertz CT molecular complexity index is 429. The van der Waals surface area contributed by atoms with Gasteiger partial charge in [0.15, 0.2) is 5.60 Å². The average molecular weight is 342 g/mol. The summed E-state index contributed by atoms with van der Waals surface area (Å²) in [6.45, 7) is 11.3. The van der Waals surface area contributed by atoms with Gasteiger partial charge >= 0.3 is 5.97 Å². The highest BCUT2D eigenvalue weighted by Crippen LogP contribution is 2.35. The van der Waals surface area contributed by atoms with Crippen LogP contribution < -0.4 is 0 Å². The van der Waals surface area contributed by atoms with Crippen molar-refractivity contribution >= 4 is 11.8 Å². The van der Waals surface area contributed by atoms with Crippen molar-refractivity contribution < 1.29 is 24.2 Å². The maximum absolute atomic E-state index is 12.0. The summed E-state index contributed by atoms with van der Waals surface area (Å²) >= 11 is 0. The molecule has 0 aliphatic heterocycles. The van der Waals surface area contributed by atoms with E-state index in [2.05, 4.69) is 20.8 Å². The molecule has 1 fully saturated rings. The van der Waals surface area contributed by atoms with Crippen LogP contribution in [0, 0.1) is 23.7 Å². The molecule has 5 atom stereocenters. The summed E-state index contributed by atoms with van der Waals surface area (Å²) in [6.07, 6.45) is 3.65. The van der Waals surface area contributed by atoms with Crippen LogP contribution in [0.1, 0.15) is 60.8 Å². The molecule has 0 radical (unpaired) electrons. The van der Waals surface area contributed by atoms with E-state index in [9.17, 15) is 14.7 Å². The Morgan fingerprint density at radius 2 is 1.83 bits per heavy atom. The number of ether oxygens (including phenoxy) is 2. The minimum atomic E-state index is -1.80. The zero-order valence-electron chi connectivity index (χ0n) is 16.0. The van der Waals surface area contributed by atoms with Gasteiger partial charge in [0, 0.05) is 0 Å². The molecule has 0 aromatic heterocycles. The van der Waals surface area contributed by atoms with Crippen LogP contribution in [0.4, 0.5) is 0 Å². The number of aliphatic hydroxyl groups is 1. The topological polar surface area (TPSA) is 72.8 Å². The summed E-state index contributed by atoms with van der Waals surface area (Å²) in [7, 11) is 0. The first-order valence-electron chi connectivity index (χ1n) is 9.09. The molecule has 0 heterocycles. The quantitative estimate of drug-likeness (QED) is 0.542. The third kappa shape index (κ3) is 5.55. The first-order valence-corrected chi connectivity index (χ1v) is 9.09. The lowest BCUT2D eigenvalue weighted by molar-refractivity contribution is -0.173. The molecular formula is C19H34O5. The molecule has 0 saturated heterocycles. The number of Topliss-reactive ketones (excluding diaryl/α,β-unsaturated/α-hetero) is 1. The Morgan fingerprint density at radius 1 is 1.21 bits per heavy atom. The molecule has 1 saturated carbocycles. The third-order valence-corrected chi connectivity index (χ3v) is 5.48. The van der Waals surface area contributed by atoms with Gasteiger partial charge in [-0.05, 0) is 44.4 Å². The van der Waals surface area contributed by atoms with Crippen LogP contribution in [0.5, 0.6) is 0 Å².